The molecule has 0 saturated carbocycles. The van der Waals surface area contributed by atoms with Gasteiger partial charge in [-0.05, 0) is 57.8 Å². The number of aryl methyl sites for hydroxylation is 2. The molecule has 2 rings (SSSR count). The van der Waals surface area contributed by atoms with Crippen LogP contribution in [-0.2, 0) is 9.59 Å². The molecule has 0 radical (unpaired) electrons. The van der Waals surface area contributed by atoms with E-state index in [4.69, 9.17) is 24.5 Å². The van der Waals surface area contributed by atoms with Crippen molar-refractivity contribution in [3.05, 3.63) is 29.3 Å². The molecular formula is C19H29NO5. The van der Waals surface area contributed by atoms with Gasteiger partial charge in [0.05, 0.1) is 6.61 Å². The molecule has 1 aromatic rings. The highest BCUT2D eigenvalue weighted by Crippen LogP contribution is 2.19. The molecule has 0 atom stereocenters. The summed E-state index contributed by atoms with van der Waals surface area (Å²) in [7, 11) is 0. The van der Waals surface area contributed by atoms with Gasteiger partial charge in [0.1, 0.15) is 5.75 Å². The van der Waals surface area contributed by atoms with E-state index in [2.05, 4.69) is 36.9 Å². The van der Waals surface area contributed by atoms with Gasteiger partial charge in [-0.2, -0.15) is 0 Å². The highest BCUT2D eigenvalue weighted by molar-refractivity contribution is 6.27. The fourth-order valence-corrected chi connectivity index (χ4v) is 2.79. The average molecular weight is 351 g/mol. The largest absolute Gasteiger partial charge is 0.493 e. The van der Waals surface area contributed by atoms with Gasteiger partial charge in [0, 0.05) is 6.54 Å². The quantitative estimate of drug-likeness (QED) is 0.626. The van der Waals surface area contributed by atoms with Gasteiger partial charge in [0.25, 0.3) is 0 Å². The minimum Gasteiger partial charge on any atom is -0.493 e. The molecule has 1 aromatic carbocycles. The summed E-state index contributed by atoms with van der Waals surface area (Å²) in [6, 6.07) is 6.40. The van der Waals surface area contributed by atoms with Gasteiger partial charge < -0.3 is 19.8 Å². The van der Waals surface area contributed by atoms with Crippen LogP contribution in [0.3, 0.4) is 0 Å². The van der Waals surface area contributed by atoms with Crippen LogP contribution in [0, 0.1) is 13.8 Å². The molecule has 0 spiro atoms. The molecule has 0 bridgehead atoms. The topological polar surface area (TPSA) is 87.1 Å². The highest BCUT2D eigenvalue weighted by Gasteiger charge is 2.08. The van der Waals surface area contributed by atoms with Crippen LogP contribution < -0.4 is 4.74 Å². The number of carboxylic acid groups (broad SMARTS) is 2. The van der Waals surface area contributed by atoms with Crippen molar-refractivity contribution in [2.75, 3.05) is 26.2 Å². The second kappa shape index (κ2) is 11.5. The first-order valence-corrected chi connectivity index (χ1v) is 8.78. The number of carbonyl (C=O) groups is 2. The summed E-state index contributed by atoms with van der Waals surface area (Å²) in [5.74, 6) is -2.61. The lowest BCUT2D eigenvalue weighted by molar-refractivity contribution is -0.159. The molecule has 1 aliphatic rings. The molecule has 0 aliphatic carbocycles. The molecule has 2 N–H and O–H groups in total. The van der Waals surface area contributed by atoms with Gasteiger partial charge in [-0.25, -0.2) is 9.59 Å². The molecule has 140 valence electrons. The molecule has 1 fully saturated rings. The first-order valence-electron chi connectivity index (χ1n) is 8.78. The molecule has 0 aromatic heterocycles. The monoisotopic (exact) mass is 351 g/mol. The van der Waals surface area contributed by atoms with Gasteiger partial charge in [-0.1, -0.05) is 30.5 Å². The predicted octanol–water partition coefficient (Wildman–Crippen LogP) is 3.10. The lowest BCUT2D eigenvalue weighted by Gasteiger charge is -2.19. The van der Waals surface area contributed by atoms with Gasteiger partial charge in [-0.3, -0.25) is 0 Å². The lowest BCUT2D eigenvalue weighted by atomic mass is 10.1. The van der Waals surface area contributed by atoms with E-state index in [1.54, 1.807) is 0 Å². The molecule has 6 heteroatoms. The van der Waals surface area contributed by atoms with E-state index in [1.807, 2.05) is 0 Å². The van der Waals surface area contributed by atoms with Crippen molar-refractivity contribution in [2.45, 2.75) is 46.0 Å². The van der Waals surface area contributed by atoms with E-state index in [0.717, 1.165) is 18.8 Å². The maximum Gasteiger partial charge on any atom is 0.414 e. The number of hydrogen-bond acceptors (Lipinski definition) is 4. The summed E-state index contributed by atoms with van der Waals surface area (Å²) in [5.41, 5.74) is 2.55. The lowest BCUT2D eigenvalue weighted by Crippen LogP contribution is -2.26. The van der Waals surface area contributed by atoms with Crippen molar-refractivity contribution in [3.63, 3.8) is 0 Å². The minimum absolute atomic E-state index is 0.834. The Morgan fingerprint density at radius 1 is 1.04 bits per heavy atom. The van der Waals surface area contributed by atoms with Gasteiger partial charge in [0.2, 0.25) is 0 Å². The Bertz CT molecular complexity index is 539. The molecule has 1 aliphatic heterocycles. The number of aliphatic carboxylic acids is 2. The molecule has 25 heavy (non-hydrogen) atoms. The fourth-order valence-electron chi connectivity index (χ4n) is 2.79. The molecule has 6 nitrogen and oxygen atoms in total. The van der Waals surface area contributed by atoms with Crippen molar-refractivity contribution in [1.29, 1.82) is 0 Å². The van der Waals surface area contributed by atoms with Crippen molar-refractivity contribution < 1.29 is 24.5 Å². The Kier molecular flexibility index (Phi) is 9.62. The van der Waals surface area contributed by atoms with E-state index in [-0.39, 0.29) is 0 Å². The summed E-state index contributed by atoms with van der Waals surface area (Å²) in [6.07, 6.45) is 6.70. The summed E-state index contributed by atoms with van der Waals surface area (Å²) in [4.78, 5) is 20.8. The zero-order valence-electron chi connectivity index (χ0n) is 15.2. The van der Waals surface area contributed by atoms with Gasteiger partial charge in [0.15, 0.2) is 0 Å². The maximum absolute atomic E-state index is 9.10. The number of likely N-dealkylation sites (tertiary alicyclic amines) is 1. The van der Waals surface area contributed by atoms with Crippen molar-refractivity contribution in [1.82, 2.24) is 4.90 Å². The third kappa shape index (κ3) is 9.10. The van der Waals surface area contributed by atoms with Crippen LogP contribution in [0.2, 0.25) is 0 Å². The number of rotatable bonds is 5. The fraction of sp³-hybridized carbons (Fsp3) is 0.579. The molecular weight excluding hydrogens is 322 g/mol. The van der Waals surface area contributed by atoms with Crippen LogP contribution in [0.1, 0.15) is 43.2 Å². The van der Waals surface area contributed by atoms with Crippen molar-refractivity contribution >= 4 is 11.9 Å². The summed E-state index contributed by atoms with van der Waals surface area (Å²) in [5, 5.41) is 14.8. The van der Waals surface area contributed by atoms with Crippen LogP contribution in [0.4, 0.5) is 0 Å². The maximum atomic E-state index is 9.10. The summed E-state index contributed by atoms with van der Waals surface area (Å²) < 4.78 is 5.89. The average Bonchev–Trinajstić information content (AvgIpc) is 2.82. The third-order valence-corrected chi connectivity index (χ3v) is 4.09. The Balaban J connectivity index is 0.000000450. The number of benzene rings is 1. The van der Waals surface area contributed by atoms with Gasteiger partial charge in [-0.15, -0.1) is 0 Å². The standard InChI is InChI=1S/C17H27NO.C2H2O4/c1-15-8-9-17(16(2)14-15)19-13-7-12-18-10-5-3-4-6-11-18;3-1(4)2(5)6/h8-9,14H,3-7,10-13H2,1-2H3;(H,3,4)(H,5,6). The first kappa shape index (κ1) is 21.0. The van der Waals surface area contributed by atoms with Gasteiger partial charge >= 0.3 is 11.9 Å². The molecule has 1 heterocycles. The zero-order valence-corrected chi connectivity index (χ0v) is 15.2. The minimum atomic E-state index is -1.82. The highest BCUT2D eigenvalue weighted by atomic mass is 16.5. The first-order chi connectivity index (χ1) is 11.9. The second-order valence-corrected chi connectivity index (χ2v) is 6.34. The summed E-state index contributed by atoms with van der Waals surface area (Å²) >= 11 is 0. The van der Waals surface area contributed by atoms with Crippen molar-refractivity contribution in [3.8, 4) is 5.75 Å². The van der Waals surface area contributed by atoms with E-state index in [0.29, 0.717) is 0 Å². The SMILES string of the molecule is Cc1ccc(OCCCN2CCCCCC2)c(C)c1.O=C(O)C(=O)O. The second-order valence-electron chi connectivity index (χ2n) is 6.34. The van der Waals surface area contributed by atoms with E-state index in [9.17, 15) is 0 Å². The van der Waals surface area contributed by atoms with Crippen LogP contribution in [-0.4, -0.2) is 53.3 Å². The van der Waals surface area contributed by atoms with Crippen LogP contribution in [0.5, 0.6) is 5.75 Å². The van der Waals surface area contributed by atoms with Crippen LogP contribution >= 0.6 is 0 Å². The Hall–Kier alpha value is -2.08. The number of hydrogen-bond donors (Lipinski definition) is 2. The third-order valence-electron chi connectivity index (χ3n) is 4.09. The Morgan fingerprint density at radius 2 is 1.64 bits per heavy atom. The molecule has 1 saturated heterocycles. The predicted molar refractivity (Wildman–Crippen MR) is 96.2 cm³/mol. The zero-order chi connectivity index (χ0) is 18.7. The number of nitrogens with zero attached hydrogens (tertiary/aromatic N) is 1. The van der Waals surface area contributed by atoms with Crippen LogP contribution in [0.15, 0.2) is 18.2 Å². The Labute approximate surface area is 149 Å². The summed E-state index contributed by atoms with van der Waals surface area (Å²) in [6.45, 7) is 8.83. The smallest absolute Gasteiger partial charge is 0.414 e. The molecule has 0 amide bonds. The van der Waals surface area contributed by atoms with Crippen LogP contribution in [0.25, 0.3) is 0 Å². The number of ether oxygens (including phenoxy) is 1. The van der Waals surface area contributed by atoms with E-state index < -0.39 is 11.9 Å². The normalized spacial score (nSPS) is 14.8. The number of carboxylic acids is 2. The van der Waals surface area contributed by atoms with E-state index >= 15 is 0 Å². The van der Waals surface area contributed by atoms with Crippen molar-refractivity contribution in [2.24, 2.45) is 0 Å². The van der Waals surface area contributed by atoms with E-state index in [1.165, 1.54) is 56.4 Å². The Morgan fingerprint density at radius 3 is 2.16 bits per heavy atom. The molecule has 0 unspecified atom stereocenters.